The Kier molecular flexibility index (Phi) is 5.95. The highest BCUT2D eigenvalue weighted by Crippen LogP contribution is 2.41. The number of fused-ring (bicyclic) bond motifs is 1. The zero-order chi connectivity index (χ0) is 23.8. The fourth-order valence-electron chi connectivity index (χ4n) is 4.76. The Hall–Kier alpha value is -3.46. The summed E-state index contributed by atoms with van der Waals surface area (Å²) in [5.74, 6) is -1.20. The van der Waals surface area contributed by atoms with Gasteiger partial charge in [0.25, 0.3) is 0 Å². The summed E-state index contributed by atoms with van der Waals surface area (Å²) in [5.41, 5.74) is 1.14. The molecule has 2 aliphatic heterocycles. The van der Waals surface area contributed by atoms with Crippen LogP contribution in [0.2, 0.25) is 0 Å². The van der Waals surface area contributed by atoms with E-state index in [9.17, 15) is 18.4 Å². The van der Waals surface area contributed by atoms with Gasteiger partial charge in [-0.3, -0.25) is 9.59 Å². The highest BCUT2D eigenvalue weighted by Gasteiger charge is 2.31. The van der Waals surface area contributed by atoms with Crippen LogP contribution in [0.3, 0.4) is 0 Å². The smallest absolute Gasteiger partial charge is 0.308 e. The number of anilines is 2. The summed E-state index contributed by atoms with van der Waals surface area (Å²) >= 11 is 0. The van der Waals surface area contributed by atoms with Gasteiger partial charge in [0.05, 0.1) is 24.6 Å². The van der Waals surface area contributed by atoms with Crippen LogP contribution < -0.4 is 20.0 Å². The maximum absolute atomic E-state index is 14.0. The van der Waals surface area contributed by atoms with Crippen molar-refractivity contribution in [3.63, 3.8) is 0 Å². The minimum atomic E-state index is -0.666. The molecule has 2 fully saturated rings. The van der Waals surface area contributed by atoms with Crippen molar-refractivity contribution in [3.05, 3.63) is 63.8 Å². The van der Waals surface area contributed by atoms with Gasteiger partial charge in [-0.05, 0) is 37.1 Å². The molecule has 2 aromatic carbocycles. The molecule has 7 nitrogen and oxygen atoms in total. The number of hydrogen-bond donors (Lipinski definition) is 0. The Morgan fingerprint density at radius 2 is 1.76 bits per heavy atom. The van der Waals surface area contributed by atoms with E-state index in [0.29, 0.717) is 62.0 Å². The molecule has 0 amide bonds. The molecule has 1 unspecified atom stereocenters. The molecule has 3 heterocycles. The van der Waals surface area contributed by atoms with Crippen LogP contribution in [0, 0.1) is 11.6 Å². The number of ether oxygens (including phenoxy) is 2. The molecule has 2 aliphatic rings. The third kappa shape index (κ3) is 4.35. The minimum absolute atomic E-state index is 0.221. The first-order valence-corrected chi connectivity index (χ1v) is 11.2. The van der Waals surface area contributed by atoms with E-state index in [1.165, 1.54) is 31.2 Å². The minimum Gasteiger partial charge on any atom is -0.440 e. The van der Waals surface area contributed by atoms with Gasteiger partial charge < -0.3 is 23.7 Å². The Balaban J connectivity index is 1.67. The van der Waals surface area contributed by atoms with E-state index >= 15 is 0 Å². The molecule has 1 aromatic heterocycles. The van der Waals surface area contributed by atoms with Crippen LogP contribution in [0.1, 0.15) is 31.4 Å². The molecule has 0 radical (unpaired) electrons. The van der Waals surface area contributed by atoms with Gasteiger partial charge in [-0.25, -0.2) is 8.78 Å². The second-order valence-electron chi connectivity index (χ2n) is 8.51. The number of carbonyl (C=O) groups excluding carboxylic acids is 1. The van der Waals surface area contributed by atoms with Crippen molar-refractivity contribution >= 4 is 28.5 Å². The van der Waals surface area contributed by atoms with E-state index < -0.39 is 17.6 Å². The Labute approximate surface area is 194 Å². The quantitative estimate of drug-likeness (QED) is 0.419. The summed E-state index contributed by atoms with van der Waals surface area (Å²) in [4.78, 5) is 28.6. The lowest BCUT2D eigenvalue weighted by Crippen LogP contribution is -2.36. The highest BCUT2D eigenvalue weighted by molar-refractivity contribution is 5.85. The summed E-state index contributed by atoms with van der Waals surface area (Å²) in [6.07, 6.45) is 1.44. The molecule has 178 valence electrons. The van der Waals surface area contributed by atoms with Crippen molar-refractivity contribution in [2.24, 2.45) is 0 Å². The van der Waals surface area contributed by atoms with Gasteiger partial charge in [0.15, 0.2) is 11.3 Å². The molecule has 0 aliphatic carbocycles. The molecule has 0 spiro atoms. The average molecular weight is 470 g/mol. The number of hydrogen-bond acceptors (Lipinski definition) is 7. The zero-order valence-electron chi connectivity index (χ0n) is 18.7. The van der Waals surface area contributed by atoms with Crippen LogP contribution in [0.15, 0.2) is 45.6 Å². The number of morpholine rings is 1. The second-order valence-corrected chi connectivity index (χ2v) is 8.51. The number of benzene rings is 2. The Bertz CT molecular complexity index is 1280. The lowest BCUT2D eigenvalue weighted by Gasteiger charge is -2.29. The van der Waals surface area contributed by atoms with Crippen molar-refractivity contribution in [1.29, 1.82) is 0 Å². The fourth-order valence-corrected chi connectivity index (χ4v) is 4.76. The van der Waals surface area contributed by atoms with Crippen LogP contribution in [-0.2, 0) is 9.53 Å². The van der Waals surface area contributed by atoms with Gasteiger partial charge in [0.1, 0.15) is 23.0 Å². The third-order valence-electron chi connectivity index (χ3n) is 6.19. The summed E-state index contributed by atoms with van der Waals surface area (Å²) in [7, 11) is 0. The third-order valence-corrected chi connectivity index (χ3v) is 6.19. The van der Waals surface area contributed by atoms with Crippen molar-refractivity contribution < 1.29 is 27.5 Å². The van der Waals surface area contributed by atoms with Gasteiger partial charge in [-0.1, -0.05) is 0 Å². The predicted molar refractivity (Wildman–Crippen MR) is 123 cm³/mol. The fraction of sp³-hybridized carbons (Fsp3) is 0.360. The van der Waals surface area contributed by atoms with Crippen LogP contribution in [0.4, 0.5) is 20.4 Å². The molecule has 9 heteroatoms. The number of nitrogens with zero attached hydrogens (tertiary/aromatic N) is 2. The maximum Gasteiger partial charge on any atom is 0.308 e. The maximum atomic E-state index is 14.0. The van der Waals surface area contributed by atoms with Crippen molar-refractivity contribution in [2.75, 3.05) is 42.6 Å². The molecule has 3 aromatic rings. The standard InChI is InChI=1S/C25H24F2N2O5/c1-15(30)33-19-12-20(22-3-2-4-29(22)18-10-16(26)9-17(27)11-18)25-21(13-19)23(31)14-24(34-25)28-5-7-32-8-6-28/h9-14,22H,2-8H2,1H3. The van der Waals surface area contributed by atoms with Gasteiger partial charge in [0, 0.05) is 49.9 Å². The summed E-state index contributed by atoms with van der Waals surface area (Å²) < 4.78 is 45.0. The first-order valence-electron chi connectivity index (χ1n) is 11.2. The molecular weight excluding hydrogens is 446 g/mol. The van der Waals surface area contributed by atoms with E-state index in [2.05, 4.69) is 0 Å². The first kappa shape index (κ1) is 22.3. The number of halogens is 2. The van der Waals surface area contributed by atoms with Gasteiger partial charge >= 0.3 is 5.97 Å². The summed E-state index contributed by atoms with van der Waals surface area (Å²) in [5, 5.41) is 0.281. The Morgan fingerprint density at radius 1 is 1.03 bits per heavy atom. The van der Waals surface area contributed by atoms with Crippen molar-refractivity contribution in [1.82, 2.24) is 0 Å². The largest absolute Gasteiger partial charge is 0.440 e. The van der Waals surface area contributed by atoms with E-state index in [1.807, 2.05) is 9.80 Å². The molecule has 2 saturated heterocycles. The van der Waals surface area contributed by atoms with E-state index in [4.69, 9.17) is 13.9 Å². The number of carbonyl (C=O) groups is 1. The molecular formula is C25H24F2N2O5. The SMILES string of the molecule is CC(=O)Oc1cc(C2CCCN2c2cc(F)cc(F)c2)c2oc(N3CCOCC3)cc(=O)c2c1. The number of rotatable bonds is 4. The number of esters is 1. The molecule has 1 atom stereocenters. The van der Waals surface area contributed by atoms with Gasteiger partial charge in [-0.2, -0.15) is 0 Å². The van der Waals surface area contributed by atoms with E-state index in [1.54, 1.807) is 6.07 Å². The molecule has 0 saturated carbocycles. The topological polar surface area (TPSA) is 72.2 Å². The van der Waals surface area contributed by atoms with Crippen LogP contribution in [0.5, 0.6) is 5.75 Å². The lowest BCUT2D eigenvalue weighted by molar-refractivity contribution is -0.131. The van der Waals surface area contributed by atoms with Gasteiger partial charge in [0.2, 0.25) is 0 Å². The van der Waals surface area contributed by atoms with Gasteiger partial charge in [-0.15, -0.1) is 0 Å². The first-order chi connectivity index (χ1) is 16.4. The highest BCUT2D eigenvalue weighted by atomic mass is 19.1. The predicted octanol–water partition coefficient (Wildman–Crippen LogP) is 4.17. The molecule has 0 N–H and O–H groups in total. The summed E-state index contributed by atoms with van der Waals surface area (Å²) in [6, 6.07) is 7.68. The Morgan fingerprint density at radius 3 is 2.47 bits per heavy atom. The van der Waals surface area contributed by atoms with Crippen molar-refractivity contribution in [2.45, 2.75) is 25.8 Å². The average Bonchev–Trinajstić information content (AvgIpc) is 3.28. The van der Waals surface area contributed by atoms with E-state index in [-0.39, 0.29) is 22.6 Å². The lowest BCUT2D eigenvalue weighted by atomic mass is 10.00. The van der Waals surface area contributed by atoms with Crippen LogP contribution >= 0.6 is 0 Å². The van der Waals surface area contributed by atoms with Crippen molar-refractivity contribution in [3.8, 4) is 5.75 Å². The summed E-state index contributed by atoms with van der Waals surface area (Å²) in [6.45, 7) is 4.09. The normalized spacial score (nSPS) is 18.5. The zero-order valence-corrected chi connectivity index (χ0v) is 18.7. The molecule has 5 rings (SSSR count). The van der Waals surface area contributed by atoms with E-state index in [0.717, 1.165) is 12.5 Å². The van der Waals surface area contributed by atoms with Crippen LogP contribution in [0.25, 0.3) is 11.0 Å². The van der Waals surface area contributed by atoms with Crippen LogP contribution in [-0.4, -0.2) is 38.8 Å². The monoisotopic (exact) mass is 470 g/mol. The molecule has 0 bridgehead atoms. The molecule has 34 heavy (non-hydrogen) atoms. The second kappa shape index (κ2) is 9.06.